The van der Waals surface area contributed by atoms with Crippen molar-refractivity contribution in [3.63, 3.8) is 0 Å². The molecule has 29 heavy (non-hydrogen) atoms. The average molecular weight is 440 g/mol. The van der Waals surface area contributed by atoms with Gasteiger partial charge in [0, 0.05) is 7.11 Å². The highest BCUT2D eigenvalue weighted by Gasteiger charge is 2.82. The zero-order chi connectivity index (χ0) is 22.9. The molecule has 0 amide bonds. The van der Waals surface area contributed by atoms with Gasteiger partial charge in [-0.25, -0.2) is 4.79 Å². The first kappa shape index (κ1) is 25.1. The third-order valence-electron chi connectivity index (χ3n) is 4.23. The van der Waals surface area contributed by atoms with Gasteiger partial charge in [0.2, 0.25) is 0 Å². The molecule has 1 rings (SSSR count). The van der Waals surface area contributed by atoms with Crippen LogP contribution in [0.15, 0.2) is 24.3 Å². The molecule has 0 heterocycles. The van der Waals surface area contributed by atoms with Crippen molar-refractivity contribution in [2.24, 2.45) is 0 Å². The fraction of sp³-hybridized carbons (Fsp3) is 0.588. The first-order valence-electron chi connectivity index (χ1n) is 8.00. The van der Waals surface area contributed by atoms with E-state index in [1.54, 1.807) is 0 Å². The molecule has 0 saturated carbocycles. The number of hydrogen-bond donors (Lipinski definition) is 0. The Balaban J connectivity index is 3.27. The molecule has 12 heteroatoms. The number of methoxy groups -OCH3 is 1. The summed E-state index contributed by atoms with van der Waals surface area (Å²) in [5, 5.41) is 0. The van der Waals surface area contributed by atoms with Crippen molar-refractivity contribution < 1.29 is 53.8 Å². The zero-order valence-electron chi connectivity index (χ0n) is 15.4. The van der Waals surface area contributed by atoms with E-state index in [0.717, 1.165) is 38.3 Å². The Morgan fingerprint density at radius 3 is 1.76 bits per heavy atom. The van der Waals surface area contributed by atoms with Crippen LogP contribution >= 0.6 is 0 Å². The normalized spacial score (nSPS) is 15.7. The molecule has 166 valence electrons. The first-order chi connectivity index (χ1) is 13.0. The van der Waals surface area contributed by atoms with Crippen molar-refractivity contribution in [2.45, 2.75) is 49.8 Å². The summed E-state index contributed by atoms with van der Waals surface area (Å²) in [4.78, 5) is 11.6. The molecule has 0 aliphatic carbocycles. The van der Waals surface area contributed by atoms with E-state index in [1.165, 1.54) is 6.92 Å². The first-order valence-corrected chi connectivity index (χ1v) is 8.00. The second kappa shape index (κ2) is 8.04. The predicted octanol–water partition coefficient (Wildman–Crippen LogP) is 5.58. The van der Waals surface area contributed by atoms with Gasteiger partial charge in [-0.05, 0) is 31.5 Å². The summed E-state index contributed by atoms with van der Waals surface area (Å²) in [6, 6.07) is 4.16. The Morgan fingerprint density at radius 2 is 1.38 bits per heavy atom. The molecular formula is C17H17F9O3. The molecule has 1 atom stereocenters. The number of halogens is 9. The maximum Gasteiger partial charge on any atom is 0.460 e. The Morgan fingerprint density at radius 1 is 0.897 bits per heavy atom. The van der Waals surface area contributed by atoms with Crippen LogP contribution in [0.3, 0.4) is 0 Å². The number of ether oxygens (including phenoxy) is 2. The topological polar surface area (TPSA) is 35.5 Å². The lowest BCUT2D eigenvalue weighted by Crippen LogP contribution is -2.62. The minimum atomic E-state index is -6.98. The van der Waals surface area contributed by atoms with Crippen LogP contribution in [0.25, 0.3) is 0 Å². The van der Waals surface area contributed by atoms with Gasteiger partial charge in [-0.3, -0.25) is 0 Å². The van der Waals surface area contributed by atoms with Crippen LogP contribution in [-0.4, -0.2) is 43.6 Å². The highest BCUT2D eigenvalue weighted by molar-refractivity contribution is 5.89. The minimum Gasteiger partial charge on any atom is -0.462 e. The van der Waals surface area contributed by atoms with E-state index < -0.39 is 41.9 Å². The van der Waals surface area contributed by atoms with Gasteiger partial charge in [0.05, 0.1) is 24.2 Å². The molecule has 0 spiro atoms. The smallest absolute Gasteiger partial charge is 0.460 e. The third kappa shape index (κ3) is 4.62. The highest BCUT2D eigenvalue weighted by Crippen LogP contribution is 2.56. The number of alkyl halides is 9. The lowest BCUT2D eigenvalue weighted by molar-refractivity contribution is -0.400. The van der Waals surface area contributed by atoms with Gasteiger partial charge in [0.15, 0.2) is 0 Å². The lowest BCUT2D eigenvalue weighted by atomic mass is 9.85. The number of carbonyl (C=O) groups is 1. The molecule has 1 aromatic carbocycles. The van der Waals surface area contributed by atoms with Crippen LogP contribution in [0.1, 0.15) is 36.2 Å². The number of carbonyl (C=O) groups excluding carboxylic acids is 1. The number of rotatable bonds is 8. The van der Waals surface area contributed by atoms with Crippen molar-refractivity contribution in [2.75, 3.05) is 13.7 Å². The maximum absolute atomic E-state index is 14.0. The molecule has 0 aliphatic rings. The molecule has 0 N–H and O–H groups in total. The van der Waals surface area contributed by atoms with E-state index in [2.05, 4.69) is 0 Å². The second-order valence-corrected chi connectivity index (χ2v) is 6.26. The molecule has 0 aliphatic heterocycles. The molecule has 0 fully saturated rings. The molecule has 0 bridgehead atoms. The molecule has 0 radical (unpaired) electrons. The fourth-order valence-corrected chi connectivity index (χ4v) is 2.41. The Bertz CT molecular complexity index is 714. The molecule has 3 nitrogen and oxygen atoms in total. The van der Waals surface area contributed by atoms with E-state index in [9.17, 15) is 44.3 Å². The molecular weight excluding hydrogens is 423 g/mol. The van der Waals surface area contributed by atoms with Crippen molar-refractivity contribution in [3.05, 3.63) is 35.4 Å². The third-order valence-corrected chi connectivity index (χ3v) is 4.23. The Kier molecular flexibility index (Phi) is 6.94. The quantitative estimate of drug-likeness (QED) is 0.391. The summed E-state index contributed by atoms with van der Waals surface area (Å²) >= 11 is 0. The largest absolute Gasteiger partial charge is 0.462 e. The molecule has 1 unspecified atom stereocenters. The van der Waals surface area contributed by atoms with Gasteiger partial charge in [-0.15, -0.1) is 0 Å². The van der Waals surface area contributed by atoms with Crippen LogP contribution in [0.5, 0.6) is 0 Å². The van der Waals surface area contributed by atoms with Crippen molar-refractivity contribution >= 4 is 5.97 Å². The van der Waals surface area contributed by atoms with Crippen LogP contribution in [-0.2, 0) is 15.1 Å². The minimum absolute atomic E-state index is 0.0326. The van der Waals surface area contributed by atoms with E-state index >= 15 is 0 Å². The molecule has 0 saturated heterocycles. The zero-order valence-corrected chi connectivity index (χ0v) is 15.4. The fourth-order valence-electron chi connectivity index (χ4n) is 2.41. The van der Waals surface area contributed by atoms with E-state index in [4.69, 9.17) is 9.47 Å². The summed E-state index contributed by atoms with van der Waals surface area (Å²) in [7, 11) is 0.787. The van der Waals surface area contributed by atoms with Crippen molar-refractivity contribution in [1.82, 2.24) is 0 Å². The van der Waals surface area contributed by atoms with Crippen molar-refractivity contribution in [1.29, 1.82) is 0 Å². The second-order valence-electron chi connectivity index (χ2n) is 6.26. The van der Waals surface area contributed by atoms with E-state index in [0.29, 0.717) is 0 Å². The van der Waals surface area contributed by atoms with E-state index in [-0.39, 0.29) is 17.7 Å². The summed E-state index contributed by atoms with van der Waals surface area (Å²) in [6.45, 7) is 2.36. The lowest BCUT2D eigenvalue weighted by Gasteiger charge is -2.38. The average Bonchev–Trinajstić information content (AvgIpc) is 2.60. The van der Waals surface area contributed by atoms with Gasteiger partial charge in [-0.2, -0.15) is 39.5 Å². The highest BCUT2D eigenvalue weighted by atomic mass is 19.4. The maximum atomic E-state index is 14.0. The van der Waals surface area contributed by atoms with Gasteiger partial charge < -0.3 is 9.47 Å². The van der Waals surface area contributed by atoms with Gasteiger partial charge in [0.25, 0.3) is 0 Å². The number of benzene rings is 1. The Hall–Kier alpha value is -1.98. The summed E-state index contributed by atoms with van der Waals surface area (Å²) < 4.78 is 127. The van der Waals surface area contributed by atoms with E-state index in [1.807, 2.05) is 0 Å². The number of esters is 1. The predicted molar refractivity (Wildman–Crippen MR) is 82.3 cm³/mol. The van der Waals surface area contributed by atoms with Gasteiger partial charge in [-0.1, -0.05) is 12.1 Å². The Labute approximate surface area is 159 Å². The summed E-state index contributed by atoms with van der Waals surface area (Å²) in [5.74, 6) is -20.3. The summed E-state index contributed by atoms with van der Waals surface area (Å²) in [6.07, 6.45) is -9.10. The van der Waals surface area contributed by atoms with Crippen molar-refractivity contribution in [3.8, 4) is 0 Å². The van der Waals surface area contributed by atoms with Gasteiger partial charge in [0.1, 0.15) is 0 Å². The van der Waals surface area contributed by atoms with Crippen LogP contribution < -0.4 is 0 Å². The SMILES string of the molecule is CCOC(=O)c1ccc(C(C)(CC(F)(F)C(F)(F)C(F)(F)C(F)(F)F)OC)cc1. The monoisotopic (exact) mass is 440 g/mol. The molecule has 0 aromatic heterocycles. The van der Waals surface area contributed by atoms with Gasteiger partial charge >= 0.3 is 29.9 Å². The van der Waals surface area contributed by atoms with Crippen LogP contribution in [0.2, 0.25) is 0 Å². The standard InChI is InChI=1S/C17H17F9O3/c1-4-29-12(27)10-5-7-11(8-6-10)13(2,28-3)9-14(18,19)15(20,21)16(22,23)17(24,25)26/h5-8H,4,9H2,1-3H3. The summed E-state index contributed by atoms with van der Waals surface area (Å²) in [5.41, 5.74) is -2.68. The van der Waals surface area contributed by atoms with Crippen LogP contribution in [0, 0.1) is 0 Å². The molecule has 1 aromatic rings. The van der Waals surface area contributed by atoms with Crippen LogP contribution in [0.4, 0.5) is 39.5 Å². The number of hydrogen-bond acceptors (Lipinski definition) is 3.